The summed E-state index contributed by atoms with van der Waals surface area (Å²) in [4.78, 5) is 0. The number of nitrogens with one attached hydrogen (secondary N) is 1. The van der Waals surface area contributed by atoms with Crippen molar-refractivity contribution in [1.82, 2.24) is 5.32 Å². The molecule has 1 N–H and O–H groups in total. The Balaban J connectivity index is 1.85. The predicted octanol–water partition coefficient (Wildman–Crippen LogP) is 5.29. The van der Waals surface area contributed by atoms with Crippen molar-refractivity contribution in [3.8, 4) is 11.5 Å². The zero-order valence-electron chi connectivity index (χ0n) is 11.2. The average Bonchev–Trinajstić information content (AvgIpc) is 3.26. The van der Waals surface area contributed by atoms with E-state index < -0.39 is 5.82 Å². The maximum atomic E-state index is 13.9. The van der Waals surface area contributed by atoms with Gasteiger partial charge in [0.25, 0.3) is 0 Å². The maximum Gasteiger partial charge on any atom is 0.166 e. The first-order chi connectivity index (χ1) is 10.1. The first-order valence-electron chi connectivity index (χ1n) is 6.77. The quantitative estimate of drug-likeness (QED) is 0.772. The number of ether oxygens (including phenoxy) is 1. The Kier molecular flexibility index (Phi) is 4.48. The lowest BCUT2D eigenvalue weighted by molar-refractivity contribution is 0.435. The van der Waals surface area contributed by atoms with Crippen LogP contribution in [0.2, 0.25) is 5.02 Å². The van der Waals surface area contributed by atoms with E-state index in [1.165, 1.54) is 18.9 Å². The summed E-state index contributed by atoms with van der Waals surface area (Å²) in [6.45, 7) is 0.665. The first-order valence-corrected chi connectivity index (χ1v) is 7.94. The molecule has 3 rings (SSSR count). The van der Waals surface area contributed by atoms with Crippen LogP contribution < -0.4 is 10.1 Å². The van der Waals surface area contributed by atoms with Gasteiger partial charge >= 0.3 is 0 Å². The highest BCUT2D eigenvalue weighted by Gasteiger charge is 2.21. The summed E-state index contributed by atoms with van der Waals surface area (Å²) in [6.07, 6.45) is 2.41. The summed E-state index contributed by atoms with van der Waals surface area (Å²) >= 11 is 9.44. The zero-order chi connectivity index (χ0) is 14.8. The van der Waals surface area contributed by atoms with E-state index in [1.54, 1.807) is 18.2 Å². The number of rotatable bonds is 5. The molecule has 2 nitrogen and oxygen atoms in total. The van der Waals surface area contributed by atoms with Crippen LogP contribution in [0.25, 0.3) is 0 Å². The molecule has 0 aromatic heterocycles. The molecule has 0 radical (unpaired) electrons. The van der Waals surface area contributed by atoms with E-state index in [0.717, 1.165) is 5.56 Å². The van der Waals surface area contributed by atoms with E-state index in [0.29, 0.717) is 27.8 Å². The van der Waals surface area contributed by atoms with E-state index in [-0.39, 0.29) is 5.75 Å². The van der Waals surface area contributed by atoms with Gasteiger partial charge in [0.15, 0.2) is 17.3 Å². The minimum Gasteiger partial charge on any atom is -0.452 e. The van der Waals surface area contributed by atoms with Crippen molar-refractivity contribution in [2.75, 3.05) is 0 Å². The van der Waals surface area contributed by atoms with Crippen molar-refractivity contribution in [3.63, 3.8) is 0 Å². The lowest BCUT2D eigenvalue weighted by atomic mass is 10.2. The first kappa shape index (κ1) is 14.8. The molecule has 1 saturated carbocycles. The summed E-state index contributed by atoms with van der Waals surface area (Å²) in [5.74, 6) is 0.248. The van der Waals surface area contributed by atoms with Crippen LogP contribution in [0.5, 0.6) is 11.5 Å². The third-order valence-corrected chi connectivity index (χ3v) is 4.10. The number of halogens is 3. The maximum absolute atomic E-state index is 13.9. The van der Waals surface area contributed by atoms with Crippen LogP contribution in [0.1, 0.15) is 18.4 Å². The smallest absolute Gasteiger partial charge is 0.166 e. The highest BCUT2D eigenvalue weighted by Crippen LogP contribution is 2.35. The Morgan fingerprint density at radius 3 is 2.81 bits per heavy atom. The van der Waals surface area contributed by atoms with Gasteiger partial charge in [0.05, 0.1) is 5.02 Å². The fourth-order valence-electron chi connectivity index (χ4n) is 2.02. The second-order valence-corrected chi connectivity index (χ2v) is 6.38. The van der Waals surface area contributed by atoms with Crippen LogP contribution in [0.4, 0.5) is 4.39 Å². The third kappa shape index (κ3) is 3.76. The fourth-order valence-corrected chi connectivity index (χ4v) is 2.58. The van der Waals surface area contributed by atoms with Crippen LogP contribution in [-0.4, -0.2) is 6.04 Å². The van der Waals surface area contributed by atoms with Crippen molar-refractivity contribution in [3.05, 3.63) is 57.3 Å². The number of hydrogen-bond acceptors (Lipinski definition) is 2. The van der Waals surface area contributed by atoms with E-state index in [4.69, 9.17) is 16.3 Å². The molecule has 0 aliphatic heterocycles. The minimum absolute atomic E-state index is 0.166. The van der Waals surface area contributed by atoms with Crippen LogP contribution >= 0.6 is 27.5 Å². The van der Waals surface area contributed by atoms with Gasteiger partial charge in [-0.25, -0.2) is 4.39 Å². The lowest BCUT2D eigenvalue weighted by Crippen LogP contribution is -2.15. The molecule has 0 spiro atoms. The molecule has 1 aliphatic carbocycles. The van der Waals surface area contributed by atoms with Crippen molar-refractivity contribution >= 4 is 27.5 Å². The van der Waals surface area contributed by atoms with Crippen molar-refractivity contribution in [2.45, 2.75) is 25.4 Å². The van der Waals surface area contributed by atoms with Crippen molar-refractivity contribution in [2.24, 2.45) is 0 Å². The summed E-state index contributed by atoms with van der Waals surface area (Å²) in [5.41, 5.74) is 0.928. The largest absolute Gasteiger partial charge is 0.452 e. The molecule has 0 heterocycles. The Morgan fingerprint density at radius 1 is 1.29 bits per heavy atom. The van der Waals surface area contributed by atoms with E-state index in [2.05, 4.69) is 21.2 Å². The molecular weight excluding hydrogens is 357 g/mol. The standard InChI is InChI=1S/C16H14BrClFNO/c17-11-4-7-15(14(19)8-11)21-16-10(2-1-3-13(16)18)9-20-12-5-6-12/h1-4,7-8,12,20H,5-6,9H2. The summed E-state index contributed by atoms with van der Waals surface area (Å²) < 4.78 is 20.3. The van der Waals surface area contributed by atoms with Crippen molar-refractivity contribution in [1.29, 1.82) is 0 Å². The highest BCUT2D eigenvalue weighted by molar-refractivity contribution is 9.10. The van der Waals surface area contributed by atoms with Crippen LogP contribution in [0.15, 0.2) is 40.9 Å². The minimum atomic E-state index is -0.426. The zero-order valence-corrected chi connectivity index (χ0v) is 13.5. The van der Waals surface area contributed by atoms with E-state index in [1.807, 2.05) is 12.1 Å². The summed E-state index contributed by atoms with van der Waals surface area (Å²) in [6, 6.07) is 10.8. The second-order valence-electron chi connectivity index (χ2n) is 5.06. The Bertz CT molecular complexity index is 661. The molecule has 0 amide bonds. The van der Waals surface area contributed by atoms with Gasteiger partial charge in [0.1, 0.15) is 0 Å². The summed E-state index contributed by atoms with van der Waals surface area (Å²) in [5, 5.41) is 3.89. The molecule has 0 unspecified atom stereocenters. The van der Waals surface area contributed by atoms with Crippen LogP contribution in [0.3, 0.4) is 0 Å². The fraction of sp³-hybridized carbons (Fsp3) is 0.250. The SMILES string of the molecule is Fc1cc(Br)ccc1Oc1c(Cl)cccc1CNC1CC1. The molecule has 0 atom stereocenters. The average molecular weight is 371 g/mol. The van der Waals surface area contributed by atoms with Gasteiger partial charge in [-0.3, -0.25) is 0 Å². The molecule has 21 heavy (non-hydrogen) atoms. The molecule has 0 saturated heterocycles. The predicted molar refractivity (Wildman–Crippen MR) is 85.5 cm³/mol. The number of benzene rings is 2. The molecule has 2 aromatic rings. The van der Waals surface area contributed by atoms with Crippen molar-refractivity contribution < 1.29 is 9.13 Å². The van der Waals surface area contributed by atoms with Gasteiger partial charge in [0, 0.05) is 22.6 Å². The van der Waals surface area contributed by atoms with Crippen LogP contribution in [-0.2, 0) is 6.54 Å². The van der Waals surface area contributed by atoms with Gasteiger partial charge in [-0.1, -0.05) is 39.7 Å². The molecule has 1 fully saturated rings. The number of para-hydroxylation sites is 1. The summed E-state index contributed by atoms with van der Waals surface area (Å²) in [7, 11) is 0. The Morgan fingerprint density at radius 2 is 2.10 bits per heavy atom. The highest BCUT2D eigenvalue weighted by atomic mass is 79.9. The molecule has 1 aliphatic rings. The molecule has 110 valence electrons. The van der Waals surface area contributed by atoms with Gasteiger partial charge in [-0.15, -0.1) is 0 Å². The van der Waals surface area contributed by atoms with Gasteiger partial charge in [-0.2, -0.15) is 0 Å². The Labute approximate surface area is 136 Å². The van der Waals surface area contributed by atoms with E-state index >= 15 is 0 Å². The molecule has 2 aromatic carbocycles. The third-order valence-electron chi connectivity index (χ3n) is 3.31. The normalized spacial score (nSPS) is 14.2. The van der Waals surface area contributed by atoms with Gasteiger partial charge in [-0.05, 0) is 37.1 Å². The van der Waals surface area contributed by atoms with Crippen LogP contribution in [0, 0.1) is 5.82 Å². The lowest BCUT2D eigenvalue weighted by Gasteiger charge is -2.14. The van der Waals surface area contributed by atoms with Gasteiger partial charge < -0.3 is 10.1 Å². The molecule has 0 bridgehead atoms. The topological polar surface area (TPSA) is 21.3 Å². The Hall–Kier alpha value is -1.10. The second kappa shape index (κ2) is 6.34. The number of hydrogen-bond donors (Lipinski definition) is 1. The van der Waals surface area contributed by atoms with Gasteiger partial charge in [0.2, 0.25) is 0 Å². The van der Waals surface area contributed by atoms with E-state index in [9.17, 15) is 4.39 Å². The molecular formula is C16H14BrClFNO. The molecule has 5 heteroatoms. The monoisotopic (exact) mass is 369 g/mol.